The van der Waals surface area contributed by atoms with Gasteiger partial charge in [0, 0.05) is 13.2 Å². The summed E-state index contributed by atoms with van der Waals surface area (Å²) in [5, 5.41) is 8.97. The monoisotopic (exact) mass is 208 g/mol. The highest BCUT2D eigenvalue weighted by Gasteiger charge is 2.10. The van der Waals surface area contributed by atoms with Gasteiger partial charge in [0.2, 0.25) is 0 Å². The summed E-state index contributed by atoms with van der Waals surface area (Å²) in [7, 11) is 0. The molecule has 1 aromatic rings. The third-order valence-electron chi connectivity index (χ3n) is 2.75. The minimum Gasteiger partial charge on any atom is -0.396 e. The molecule has 0 bridgehead atoms. The summed E-state index contributed by atoms with van der Waals surface area (Å²) in [5.41, 5.74) is 1.20. The maximum Gasteiger partial charge on any atom is 0.0717 e. The molecule has 0 aliphatic heterocycles. The van der Waals surface area contributed by atoms with Gasteiger partial charge in [0.1, 0.15) is 0 Å². The van der Waals surface area contributed by atoms with Gasteiger partial charge in [-0.15, -0.1) is 0 Å². The van der Waals surface area contributed by atoms with Crippen LogP contribution in [-0.2, 0) is 11.3 Å². The van der Waals surface area contributed by atoms with Crippen LogP contribution in [0.4, 0.5) is 0 Å². The van der Waals surface area contributed by atoms with Crippen LogP contribution in [0.1, 0.15) is 19.4 Å². The van der Waals surface area contributed by atoms with Crippen LogP contribution in [0.5, 0.6) is 0 Å². The fourth-order valence-corrected chi connectivity index (χ4v) is 1.28. The molecule has 1 aromatic carbocycles. The van der Waals surface area contributed by atoms with Gasteiger partial charge in [-0.25, -0.2) is 0 Å². The molecule has 0 heterocycles. The number of aliphatic hydroxyl groups is 1. The molecule has 1 rings (SSSR count). The Bertz CT molecular complexity index is 258. The van der Waals surface area contributed by atoms with Crippen LogP contribution >= 0.6 is 0 Å². The Morgan fingerprint density at radius 3 is 2.40 bits per heavy atom. The van der Waals surface area contributed by atoms with E-state index in [1.54, 1.807) is 0 Å². The maximum atomic E-state index is 8.97. The Morgan fingerprint density at radius 1 is 1.13 bits per heavy atom. The lowest BCUT2D eigenvalue weighted by Gasteiger charge is -2.17. The van der Waals surface area contributed by atoms with E-state index in [2.05, 4.69) is 19.1 Å². The lowest BCUT2D eigenvalue weighted by Crippen LogP contribution is -2.17. The molecule has 0 unspecified atom stereocenters. The molecule has 15 heavy (non-hydrogen) atoms. The molecule has 84 valence electrons. The summed E-state index contributed by atoms with van der Waals surface area (Å²) < 4.78 is 5.59. The molecule has 0 spiro atoms. The van der Waals surface area contributed by atoms with E-state index in [4.69, 9.17) is 9.84 Å². The topological polar surface area (TPSA) is 29.5 Å². The Balaban J connectivity index is 2.22. The maximum absolute atomic E-state index is 8.97. The van der Waals surface area contributed by atoms with Gasteiger partial charge in [0.25, 0.3) is 0 Å². The molecular weight excluding hydrogens is 188 g/mol. The van der Waals surface area contributed by atoms with E-state index in [9.17, 15) is 0 Å². The number of hydrogen-bond acceptors (Lipinski definition) is 2. The van der Waals surface area contributed by atoms with Crippen molar-refractivity contribution in [2.45, 2.75) is 20.5 Å². The third kappa shape index (κ3) is 4.45. The number of aliphatic hydroxyl groups excluding tert-OH is 1. The molecule has 2 atom stereocenters. The molecule has 0 aromatic heterocycles. The van der Waals surface area contributed by atoms with Gasteiger partial charge >= 0.3 is 0 Å². The van der Waals surface area contributed by atoms with Crippen LogP contribution in [0.25, 0.3) is 0 Å². The summed E-state index contributed by atoms with van der Waals surface area (Å²) in [4.78, 5) is 0. The van der Waals surface area contributed by atoms with Crippen LogP contribution in [0.3, 0.4) is 0 Å². The zero-order chi connectivity index (χ0) is 11.1. The molecule has 1 N–H and O–H groups in total. The van der Waals surface area contributed by atoms with Crippen molar-refractivity contribution in [2.24, 2.45) is 11.8 Å². The van der Waals surface area contributed by atoms with Gasteiger partial charge in [-0.2, -0.15) is 0 Å². The molecule has 0 amide bonds. The van der Waals surface area contributed by atoms with Crippen LogP contribution < -0.4 is 0 Å². The van der Waals surface area contributed by atoms with Crippen molar-refractivity contribution in [3.8, 4) is 0 Å². The van der Waals surface area contributed by atoms with Crippen LogP contribution in [0.2, 0.25) is 0 Å². The van der Waals surface area contributed by atoms with Gasteiger partial charge in [0.15, 0.2) is 0 Å². The number of ether oxygens (including phenoxy) is 1. The number of rotatable bonds is 6. The highest BCUT2D eigenvalue weighted by Crippen LogP contribution is 2.11. The van der Waals surface area contributed by atoms with Crippen molar-refractivity contribution in [2.75, 3.05) is 13.2 Å². The molecule has 0 saturated carbocycles. The largest absolute Gasteiger partial charge is 0.396 e. The fourth-order valence-electron chi connectivity index (χ4n) is 1.28. The van der Waals surface area contributed by atoms with Crippen molar-refractivity contribution in [3.05, 3.63) is 35.9 Å². The van der Waals surface area contributed by atoms with E-state index in [0.717, 1.165) is 0 Å². The molecule has 2 heteroatoms. The van der Waals surface area contributed by atoms with E-state index >= 15 is 0 Å². The Labute approximate surface area is 91.9 Å². The SMILES string of the molecule is C[C@@H](CO)[C@@H](C)COCc1ccccc1. The quantitative estimate of drug-likeness (QED) is 0.778. The zero-order valence-electron chi connectivity index (χ0n) is 9.52. The second kappa shape index (κ2) is 6.59. The highest BCUT2D eigenvalue weighted by atomic mass is 16.5. The molecule has 0 aliphatic rings. The Kier molecular flexibility index (Phi) is 5.37. The Morgan fingerprint density at radius 2 is 1.80 bits per heavy atom. The molecule has 0 radical (unpaired) electrons. The van der Waals surface area contributed by atoms with Crippen LogP contribution in [0.15, 0.2) is 30.3 Å². The average molecular weight is 208 g/mol. The smallest absolute Gasteiger partial charge is 0.0717 e. The van der Waals surface area contributed by atoms with Gasteiger partial charge in [-0.05, 0) is 17.4 Å². The van der Waals surface area contributed by atoms with Gasteiger partial charge in [0.05, 0.1) is 6.61 Å². The number of hydrogen-bond donors (Lipinski definition) is 1. The van der Waals surface area contributed by atoms with Crippen LogP contribution in [-0.4, -0.2) is 18.3 Å². The molecule has 0 fully saturated rings. The predicted octanol–water partition coefficient (Wildman–Crippen LogP) is 2.47. The summed E-state index contributed by atoms with van der Waals surface area (Å²) in [6.07, 6.45) is 0. The summed E-state index contributed by atoms with van der Waals surface area (Å²) in [5.74, 6) is 0.708. The average Bonchev–Trinajstić information content (AvgIpc) is 2.29. The Hall–Kier alpha value is -0.860. The fraction of sp³-hybridized carbons (Fsp3) is 0.538. The van der Waals surface area contributed by atoms with Gasteiger partial charge < -0.3 is 9.84 Å². The minimum atomic E-state index is 0.232. The van der Waals surface area contributed by atoms with Gasteiger partial charge in [-0.1, -0.05) is 44.2 Å². The van der Waals surface area contributed by atoms with Crippen molar-refractivity contribution in [1.29, 1.82) is 0 Å². The molecule has 0 aliphatic carbocycles. The van der Waals surface area contributed by atoms with Crippen molar-refractivity contribution in [1.82, 2.24) is 0 Å². The zero-order valence-corrected chi connectivity index (χ0v) is 9.52. The van der Waals surface area contributed by atoms with Gasteiger partial charge in [-0.3, -0.25) is 0 Å². The predicted molar refractivity (Wildman–Crippen MR) is 61.5 cm³/mol. The van der Waals surface area contributed by atoms with E-state index < -0.39 is 0 Å². The number of benzene rings is 1. The first-order valence-electron chi connectivity index (χ1n) is 5.46. The van der Waals surface area contributed by atoms with Crippen molar-refractivity contribution < 1.29 is 9.84 Å². The van der Waals surface area contributed by atoms with Crippen molar-refractivity contribution in [3.63, 3.8) is 0 Å². The first kappa shape index (κ1) is 12.2. The van der Waals surface area contributed by atoms with E-state index in [0.29, 0.717) is 25.0 Å². The first-order chi connectivity index (χ1) is 7.24. The standard InChI is InChI=1S/C13H20O2/c1-11(8-14)12(2)9-15-10-13-6-4-3-5-7-13/h3-7,11-12,14H,8-10H2,1-2H3/t11-,12-/m0/s1. The summed E-state index contributed by atoms with van der Waals surface area (Å²) in [6, 6.07) is 10.1. The van der Waals surface area contributed by atoms with E-state index in [-0.39, 0.29) is 6.61 Å². The molecular formula is C13H20O2. The summed E-state index contributed by atoms with van der Waals surface area (Å²) >= 11 is 0. The third-order valence-corrected chi connectivity index (χ3v) is 2.75. The lowest BCUT2D eigenvalue weighted by molar-refractivity contribution is 0.0613. The van der Waals surface area contributed by atoms with Crippen LogP contribution in [0, 0.1) is 11.8 Å². The summed E-state index contributed by atoms with van der Waals surface area (Å²) in [6.45, 7) is 5.73. The molecule has 2 nitrogen and oxygen atoms in total. The second-order valence-electron chi connectivity index (χ2n) is 4.14. The molecule has 0 saturated heterocycles. The van der Waals surface area contributed by atoms with E-state index in [1.165, 1.54) is 5.56 Å². The normalized spacial score (nSPS) is 14.9. The van der Waals surface area contributed by atoms with Crippen molar-refractivity contribution >= 4 is 0 Å². The minimum absolute atomic E-state index is 0.232. The highest BCUT2D eigenvalue weighted by molar-refractivity contribution is 5.13. The van der Waals surface area contributed by atoms with E-state index in [1.807, 2.05) is 25.1 Å². The first-order valence-corrected chi connectivity index (χ1v) is 5.46. The second-order valence-corrected chi connectivity index (χ2v) is 4.14. The lowest BCUT2D eigenvalue weighted by atomic mass is 9.98.